The molecule has 2 aliphatic rings. The third-order valence-corrected chi connectivity index (χ3v) is 5.84. The predicted octanol–water partition coefficient (Wildman–Crippen LogP) is 3.73. The quantitative estimate of drug-likeness (QED) is 0.889. The number of carbonyl (C=O) groups excluding carboxylic acids is 2. The Labute approximate surface area is 154 Å². The van der Waals surface area contributed by atoms with Crippen molar-refractivity contribution in [3.05, 3.63) is 23.8 Å². The molecule has 0 aromatic heterocycles. The zero-order valence-electron chi connectivity index (χ0n) is 15.1. The Bertz CT molecular complexity index is 648. The molecule has 136 valence electrons. The molecule has 2 heterocycles. The molecule has 1 aromatic carbocycles. The molecular weight excluding hydrogens is 334 g/mol. The van der Waals surface area contributed by atoms with Gasteiger partial charge in [0.25, 0.3) is 0 Å². The highest BCUT2D eigenvalue weighted by Gasteiger charge is 2.25. The third-order valence-electron chi connectivity index (χ3n) is 5.03. The summed E-state index contributed by atoms with van der Waals surface area (Å²) < 4.78 is 0. The molecule has 2 saturated heterocycles. The van der Waals surface area contributed by atoms with Crippen LogP contribution in [0.5, 0.6) is 0 Å². The van der Waals surface area contributed by atoms with Gasteiger partial charge in [0.05, 0.1) is 0 Å². The first kappa shape index (κ1) is 18.1. The summed E-state index contributed by atoms with van der Waals surface area (Å²) in [4.78, 5) is 28.4. The van der Waals surface area contributed by atoms with Gasteiger partial charge in [0, 0.05) is 37.4 Å². The van der Waals surface area contributed by atoms with E-state index < -0.39 is 0 Å². The maximum absolute atomic E-state index is 12.6. The molecule has 1 atom stereocenters. The Kier molecular flexibility index (Phi) is 5.89. The first-order chi connectivity index (χ1) is 12.1. The number of benzene rings is 1. The van der Waals surface area contributed by atoms with Crippen molar-refractivity contribution in [2.24, 2.45) is 5.92 Å². The molecule has 3 rings (SSSR count). The highest BCUT2D eigenvalue weighted by atomic mass is 32.2. The lowest BCUT2D eigenvalue weighted by atomic mass is 10.0. The first-order valence-electron chi connectivity index (χ1n) is 9.04. The Hall–Kier alpha value is -1.69. The van der Waals surface area contributed by atoms with Crippen LogP contribution < -0.4 is 10.2 Å². The summed E-state index contributed by atoms with van der Waals surface area (Å²) in [6, 6.07) is 5.79. The van der Waals surface area contributed by atoms with E-state index in [1.807, 2.05) is 46.7 Å². The Morgan fingerprint density at radius 3 is 2.88 bits per heavy atom. The Morgan fingerprint density at radius 1 is 1.32 bits per heavy atom. The van der Waals surface area contributed by atoms with Crippen molar-refractivity contribution >= 4 is 35.1 Å². The van der Waals surface area contributed by atoms with Gasteiger partial charge in [0.2, 0.25) is 5.91 Å². The van der Waals surface area contributed by atoms with E-state index in [1.54, 1.807) is 0 Å². The highest BCUT2D eigenvalue weighted by molar-refractivity contribution is 7.98. The van der Waals surface area contributed by atoms with Gasteiger partial charge in [-0.25, -0.2) is 4.79 Å². The van der Waals surface area contributed by atoms with Crippen LogP contribution in [-0.2, 0) is 4.79 Å². The second kappa shape index (κ2) is 8.13. The van der Waals surface area contributed by atoms with E-state index in [-0.39, 0.29) is 11.9 Å². The number of carbonyl (C=O) groups is 2. The number of hydrogen-bond donors (Lipinski definition) is 1. The highest BCUT2D eigenvalue weighted by Crippen LogP contribution is 2.28. The number of nitrogens with one attached hydrogen (secondary N) is 1. The summed E-state index contributed by atoms with van der Waals surface area (Å²) >= 11 is 1.85. The maximum Gasteiger partial charge on any atom is 0.321 e. The summed E-state index contributed by atoms with van der Waals surface area (Å²) in [6.07, 6.45) is 5.91. The molecule has 0 saturated carbocycles. The molecule has 2 aliphatic heterocycles. The Balaban J connectivity index is 1.68. The van der Waals surface area contributed by atoms with Crippen LogP contribution in [0.15, 0.2) is 18.2 Å². The molecule has 0 aliphatic carbocycles. The molecule has 3 amide bonds. The van der Waals surface area contributed by atoms with Crippen molar-refractivity contribution in [2.45, 2.75) is 32.6 Å². The van der Waals surface area contributed by atoms with Crippen LogP contribution in [0.25, 0.3) is 0 Å². The fourth-order valence-corrected chi connectivity index (χ4v) is 4.45. The number of thioether (sulfide) groups is 1. The average Bonchev–Trinajstić information content (AvgIpc) is 3.03. The molecule has 0 spiro atoms. The van der Waals surface area contributed by atoms with Gasteiger partial charge in [-0.05, 0) is 61.8 Å². The van der Waals surface area contributed by atoms with Gasteiger partial charge in [-0.15, -0.1) is 0 Å². The summed E-state index contributed by atoms with van der Waals surface area (Å²) in [5, 5.41) is 3.02. The SMILES string of the molecule is CSCC1CCCN(C(=O)Nc2ccc(C)c(N3CCCC3=O)c2)C1. The summed E-state index contributed by atoms with van der Waals surface area (Å²) in [5.74, 6) is 1.86. The summed E-state index contributed by atoms with van der Waals surface area (Å²) in [6.45, 7) is 4.42. The van der Waals surface area contributed by atoms with Gasteiger partial charge in [-0.2, -0.15) is 11.8 Å². The minimum absolute atomic E-state index is 0.0339. The second-order valence-corrected chi connectivity index (χ2v) is 7.90. The van der Waals surface area contributed by atoms with Crippen LogP contribution in [0.1, 0.15) is 31.2 Å². The van der Waals surface area contributed by atoms with Crippen molar-refractivity contribution in [1.82, 2.24) is 4.90 Å². The van der Waals surface area contributed by atoms with Crippen molar-refractivity contribution in [3.8, 4) is 0 Å². The number of urea groups is 1. The van der Waals surface area contributed by atoms with E-state index in [2.05, 4.69) is 11.6 Å². The number of nitrogens with zero attached hydrogens (tertiary/aromatic N) is 2. The second-order valence-electron chi connectivity index (χ2n) is 6.99. The lowest BCUT2D eigenvalue weighted by molar-refractivity contribution is -0.117. The first-order valence-corrected chi connectivity index (χ1v) is 10.4. The summed E-state index contributed by atoms with van der Waals surface area (Å²) in [7, 11) is 0. The van der Waals surface area contributed by atoms with Crippen molar-refractivity contribution in [3.63, 3.8) is 0 Å². The molecule has 5 nitrogen and oxygen atoms in total. The normalized spacial score (nSPS) is 20.9. The standard InChI is InChI=1S/C19H27N3O2S/c1-14-7-8-16(11-17(14)22-10-4-6-18(22)23)20-19(24)21-9-3-5-15(12-21)13-25-2/h7-8,11,15H,3-6,9-10,12-13H2,1-2H3,(H,20,24). The molecule has 6 heteroatoms. The number of anilines is 2. The molecular formula is C19H27N3O2S. The molecule has 1 aromatic rings. The van der Waals surface area contributed by atoms with Crippen LogP contribution in [0, 0.1) is 12.8 Å². The molecule has 1 unspecified atom stereocenters. The van der Waals surface area contributed by atoms with E-state index in [1.165, 1.54) is 6.42 Å². The van der Waals surface area contributed by atoms with Gasteiger partial charge < -0.3 is 15.1 Å². The maximum atomic E-state index is 12.6. The smallest absolute Gasteiger partial charge is 0.321 e. The number of piperidine rings is 1. The van der Waals surface area contributed by atoms with Crippen LogP contribution >= 0.6 is 11.8 Å². The number of aryl methyl sites for hydroxylation is 1. The minimum Gasteiger partial charge on any atom is -0.324 e. The van der Waals surface area contributed by atoms with E-state index >= 15 is 0 Å². The van der Waals surface area contributed by atoms with E-state index in [0.29, 0.717) is 12.3 Å². The van der Waals surface area contributed by atoms with Crippen molar-refractivity contribution < 1.29 is 9.59 Å². The number of hydrogen-bond acceptors (Lipinski definition) is 3. The van der Waals surface area contributed by atoms with Crippen molar-refractivity contribution in [1.29, 1.82) is 0 Å². The number of amides is 3. The van der Waals surface area contributed by atoms with E-state index in [0.717, 1.165) is 55.2 Å². The van der Waals surface area contributed by atoms with Gasteiger partial charge in [0.15, 0.2) is 0 Å². The topological polar surface area (TPSA) is 52.7 Å². The fourth-order valence-electron chi connectivity index (χ4n) is 3.70. The van der Waals surface area contributed by atoms with Crippen LogP contribution in [-0.4, -0.2) is 48.5 Å². The number of likely N-dealkylation sites (tertiary alicyclic amines) is 1. The molecule has 0 radical (unpaired) electrons. The van der Waals surface area contributed by atoms with Crippen LogP contribution in [0.4, 0.5) is 16.2 Å². The largest absolute Gasteiger partial charge is 0.324 e. The lowest BCUT2D eigenvalue weighted by Crippen LogP contribution is -2.42. The van der Waals surface area contributed by atoms with Gasteiger partial charge >= 0.3 is 6.03 Å². The molecule has 0 bridgehead atoms. The molecule has 2 fully saturated rings. The fraction of sp³-hybridized carbons (Fsp3) is 0.579. The zero-order chi connectivity index (χ0) is 17.8. The monoisotopic (exact) mass is 361 g/mol. The lowest BCUT2D eigenvalue weighted by Gasteiger charge is -2.32. The third kappa shape index (κ3) is 4.29. The van der Waals surface area contributed by atoms with Gasteiger partial charge in [0.1, 0.15) is 0 Å². The molecule has 1 N–H and O–H groups in total. The Morgan fingerprint density at radius 2 is 2.16 bits per heavy atom. The van der Waals surface area contributed by atoms with E-state index in [4.69, 9.17) is 0 Å². The summed E-state index contributed by atoms with van der Waals surface area (Å²) in [5.41, 5.74) is 2.74. The van der Waals surface area contributed by atoms with Crippen LogP contribution in [0.2, 0.25) is 0 Å². The predicted molar refractivity (Wildman–Crippen MR) is 104 cm³/mol. The van der Waals surface area contributed by atoms with Crippen LogP contribution in [0.3, 0.4) is 0 Å². The zero-order valence-corrected chi connectivity index (χ0v) is 15.9. The molecule has 25 heavy (non-hydrogen) atoms. The average molecular weight is 362 g/mol. The number of rotatable bonds is 4. The van der Waals surface area contributed by atoms with Gasteiger partial charge in [-0.1, -0.05) is 6.07 Å². The minimum atomic E-state index is -0.0339. The van der Waals surface area contributed by atoms with Gasteiger partial charge in [-0.3, -0.25) is 4.79 Å². The van der Waals surface area contributed by atoms with E-state index in [9.17, 15) is 9.59 Å². The van der Waals surface area contributed by atoms with Crippen molar-refractivity contribution in [2.75, 3.05) is 41.9 Å².